The molecular weight excluding hydrogens is 587 g/mol. The first-order valence-electron chi connectivity index (χ1n) is 17.0. The Morgan fingerprint density at radius 1 is 0.750 bits per heavy atom. The van der Waals surface area contributed by atoms with Gasteiger partial charge in [0, 0.05) is 16.2 Å². The van der Waals surface area contributed by atoms with Crippen LogP contribution in [-0.2, 0) is 5.41 Å². The first-order valence-corrected chi connectivity index (χ1v) is 17.0. The van der Waals surface area contributed by atoms with Crippen LogP contribution >= 0.6 is 0 Å². The normalized spacial score (nSPS) is 19.3. The summed E-state index contributed by atoms with van der Waals surface area (Å²) in [4.78, 5) is 20.1. The predicted octanol–water partition coefficient (Wildman–Crippen LogP) is 10.3. The van der Waals surface area contributed by atoms with Gasteiger partial charge < -0.3 is 0 Å². The molecule has 3 aromatic heterocycles. The smallest absolute Gasteiger partial charge is 0.180 e. The van der Waals surface area contributed by atoms with Crippen molar-refractivity contribution >= 4 is 33.0 Å². The van der Waals surface area contributed by atoms with E-state index in [0.717, 1.165) is 46.7 Å². The van der Waals surface area contributed by atoms with Crippen molar-refractivity contribution in [2.24, 2.45) is 11.8 Å². The minimum atomic E-state index is -0.0678. The quantitative estimate of drug-likeness (QED) is 0.196. The lowest BCUT2D eigenvalue weighted by Gasteiger charge is -2.21. The number of allylic oxidation sites excluding steroid dienone is 8. The number of aromatic nitrogens is 5. The van der Waals surface area contributed by atoms with Crippen LogP contribution in [0.15, 0.2) is 116 Å². The summed E-state index contributed by atoms with van der Waals surface area (Å²) in [6.07, 6.45) is 19.0. The third kappa shape index (κ3) is 4.52. The molecule has 234 valence electrons. The van der Waals surface area contributed by atoms with Gasteiger partial charge >= 0.3 is 0 Å². The van der Waals surface area contributed by atoms with Crippen LogP contribution in [-0.4, -0.2) is 24.5 Å². The fourth-order valence-electron chi connectivity index (χ4n) is 7.88. The van der Waals surface area contributed by atoms with E-state index in [2.05, 4.69) is 135 Å². The number of para-hydroxylation sites is 1. The van der Waals surface area contributed by atoms with E-state index in [9.17, 15) is 0 Å². The van der Waals surface area contributed by atoms with E-state index in [0.29, 0.717) is 23.4 Å². The average Bonchev–Trinajstić information content (AvgIpc) is 3.55. The maximum atomic E-state index is 5.07. The van der Waals surface area contributed by atoms with E-state index in [1.54, 1.807) is 0 Å². The van der Waals surface area contributed by atoms with Crippen LogP contribution < -0.4 is 0 Å². The zero-order valence-corrected chi connectivity index (χ0v) is 27.8. The molecule has 0 radical (unpaired) electrons. The summed E-state index contributed by atoms with van der Waals surface area (Å²) in [6, 6.07) is 24.3. The summed E-state index contributed by atoms with van der Waals surface area (Å²) in [5, 5.41) is 2.43. The lowest BCUT2D eigenvalue weighted by molar-refractivity contribution is 0.661. The highest BCUT2D eigenvalue weighted by Gasteiger charge is 2.36. The van der Waals surface area contributed by atoms with Gasteiger partial charge in [0.2, 0.25) is 0 Å². The zero-order valence-electron chi connectivity index (χ0n) is 27.8. The number of rotatable bonds is 4. The molecule has 48 heavy (non-hydrogen) atoms. The number of nitrogens with zero attached hydrogens (tertiary/aromatic N) is 5. The average molecular weight is 624 g/mol. The van der Waals surface area contributed by atoms with Gasteiger partial charge in [0.05, 0.1) is 34.8 Å². The summed E-state index contributed by atoms with van der Waals surface area (Å²) in [5.41, 5.74) is 12.4. The second-order valence-corrected chi connectivity index (χ2v) is 14.2. The van der Waals surface area contributed by atoms with Crippen LogP contribution in [0, 0.1) is 11.8 Å². The summed E-state index contributed by atoms with van der Waals surface area (Å²) in [7, 11) is 0. The van der Waals surface area contributed by atoms with Crippen molar-refractivity contribution in [2.75, 3.05) is 0 Å². The Morgan fingerprint density at radius 2 is 1.58 bits per heavy atom. The third-order valence-electron chi connectivity index (χ3n) is 10.4. The Morgan fingerprint density at radius 3 is 2.42 bits per heavy atom. The van der Waals surface area contributed by atoms with Gasteiger partial charge in [-0.2, -0.15) is 0 Å². The highest BCUT2D eigenvalue weighted by atomic mass is 15.1. The van der Waals surface area contributed by atoms with Gasteiger partial charge in [-0.15, -0.1) is 0 Å². The molecule has 6 aromatic rings. The monoisotopic (exact) mass is 623 g/mol. The van der Waals surface area contributed by atoms with E-state index in [4.69, 9.17) is 19.9 Å². The maximum Gasteiger partial charge on any atom is 0.180 e. The minimum Gasteiger partial charge on any atom is -0.292 e. The topological polar surface area (TPSA) is 56.5 Å². The molecule has 3 aliphatic rings. The standard InChI is InChI=1S/C43H37N5/c1-26-11-9-13-28(19-26)36-23-37(29-14-10-12-27(2)20-29)47-42(46-36)38-24-45-41(25-44-38)48-39-18-8-6-16-31(39)33-21-35-32(22-40(33)48)30-15-5-7-17-34(30)43(35,3)4/h5-11,13-18,20-27H,12,19H2,1-4H3. The number of hydrogen-bond acceptors (Lipinski definition) is 4. The van der Waals surface area contributed by atoms with Crippen molar-refractivity contribution < 1.29 is 0 Å². The van der Waals surface area contributed by atoms with E-state index >= 15 is 0 Å². The fourth-order valence-corrected chi connectivity index (χ4v) is 7.88. The summed E-state index contributed by atoms with van der Waals surface area (Å²) in [5.74, 6) is 2.30. The molecule has 0 aliphatic heterocycles. The summed E-state index contributed by atoms with van der Waals surface area (Å²) >= 11 is 0. The van der Waals surface area contributed by atoms with Gasteiger partial charge in [-0.1, -0.05) is 107 Å². The van der Waals surface area contributed by atoms with Crippen LogP contribution in [0.1, 0.15) is 63.1 Å². The van der Waals surface area contributed by atoms with Crippen molar-refractivity contribution in [1.29, 1.82) is 0 Å². The molecule has 5 nitrogen and oxygen atoms in total. The molecule has 0 bridgehead atoms. The Kier molecular flexibility index (Phi) is 6.48. The molecular formula is C43H37N5. The molecule has 2 unspecified atom stereocenters. The molecule has 0 saturated heterocycles. The zero-order chi connectivity index (χ0) is 32.6. The Hall–Kier alpha value is -5.42. The molecule has 0 amide bonds. The minimum absolute atomic E-state index is 0.0678. The van der Waals surface area contributed by atoms with Gasteiger partial charge in [0.25, 0.3) is 0 Å². The molecule has 0 spiro atoms. The second kappa shape index (κ2) is 10.8. The molecule has 0 N–H and O–H groups in total. The van der Waals surface area contributed by atoms with Crippen LogP contribution in [0.3, 0.4) is 0 Å². The van der Waals surface area contributed by atoms with Gasteiger partial charge in [-0.3, -0.25) is 4.57 Å². The van der Waals surface area contributed by atoms with E-state index < -0.39 is 0 Å². The van der Waals surface area contributed by atoms with Crippen LogP contribution in [0.5, 0.6) is 0 Å². The number of fused-ring (bicyclic) bond motifs is 6. The lowest BCUT2D eigenvalue weighted by Crippen LogP contribution is -2.14. The molecule has 3 aliphatic carbocycles. The molecule has 3 aromatic carbocycles. The Bertz CT molecular complexity index is 2400. The predicted molar refractivity (Wildman–Crippen MR) is 197 cm³/mol. The van der Waals surface area contributed by atoms with Crippen molar-refractivity contribution in [3.63, 3.8) is 0 Å². The van der Waals surface area contributed by atoms with E-state index in [1.165, 1.54) is 38.6 Å². The molecule has 0 fully saturated rings. The Balaban J connectivity index is 1.19. The van der Waals surface area contributed by atoms with Gasteiger partial charge in [-0.05, 0) is 82.3 Å². The fraction of sp³-hybridized carbons (Fsp3) is 0.209. The molecule has 5 heteroatoms. The van der Waals surface area contributed by atoms with Crippen molar-refractivity contribution in [1.82, 2.24) is 24.5 Å². The first-order chi connectivity index (χ1) is 23.3. The van der Waals surface area contributed by atoms with E-state index in [-0.39, 0.29) is 5.41 Å². The highest BCUT2D eigenvalue weighted by Crippen LogP contribution is 2.50. The van der Waals surface area contributed by atoms with Crippen LogP contribution in [0.25, 0.3) is 61.4 Å². The van der Waals surface area contributed by atoms with Crippen LogP contribution in [0.4, 0.5) is 0 Å². The first kappa shape index (κ1) is 28.8. The van der Waals surface area contributed by atoms with Crippen LogP contribution in [0.2, 0.25) is 0 Å². The summed E-state index contributed by atoms with van der Waals surface area (Å²) < 4.78 is 2.25. The maximum absolute atomic E-state index is 5.07. The van der Waals surface area contributed by atoms with Gasteiger partial charge in [-0.25, -0.2) is 19.9 Å². The molecule has 0 saturated carbocycles. The molecule has 9 rings (SSSR count). The molecule has 2 atom stereocenters. The Labute approximate surface area is 281 Å². The number of benzene rings is 3. The van der Waals surface area contributed by atoms with Crippen molar-refractivity contribution in [2.45, 2.75) is 46.0 Å². The summed E-state index contributed by atoms with van der Waals surface area (Å²) in [6.45, 7) is 9.15. The lowest BCUT2D eigenvalue weighted by atomic mass is 9.82. The van der Waals surface area contributed by atoms with Gasteiger partial charge in [0.15, 0.2) is 11.6 Å². The molecule has 3 heterocycles. The SMILES string of the molecule is CC1C=C(c2cc(C3=CC=CC(C)C3)nc(-c3cnc(-n4c5ccccc5c5cc6c(cc54)-c4ccccc4C6(C)C)cn3)n2)C=CC1. The third-order valence-corrected chi connectivity index (χ3v) is 10.4. The largest absolute Gasteiger partial charge is 0.292 e. The van der Waals surface area contributed by atoms with Crippen molar-refractivity contribution in [3.8, 4) is 28.5 Å². The second-order valence-electron chi connectivity index (χ2n) is 14.2. The van der Waals surface area contributed by atoms with Gasteiger partial charge in [0.1, 0.15) is 5.69 Å². The van der Waals surface area contributed by atoms with E-state index in [1.807, 2.05) is 12.4 Å². The number of hydrogen-bond donors (Lipinski definition) is 0. The van der Waals surface area contributed by atoms with Crippen molar-refractivity contribution in [3.05, 3.63) is 138 Å². The highest BCUT2D eigenvalue weighted by molar-refractivity contribution is 6.11.